The molecule has 0 saturated carbocycles. The number of amides is 1. The molecule has 0 aliphatic carbocycles. The fraction of sp³-hybridized carbons (Fsp3) is 0.417. The van der Waals surface area contributed by atoms with Crippen LogP contribution in [0.4, 0.5) is 0 Å². The molecule has 1 rings (SSSR count). The number of hydrogen-bond donors (Lipinski definition) is 2. The Morgan fingerprint density at radius 1 is 1.37 bits per heavy atom. The van der Waals surface area contributed by atoms with Gasteiger partial charge in [0.25, 0.3) is 0 Å². The first-order chi connectivity index (χ1) is 8.65. The van der Waals surface area contributed by atoms with E-state index in [-0.39, 0.29) is 18.3 Å². The zero-order valence-corrected chi connectivity index (χ0v) is 12.7. The number of rotatable bonds is 7. The molecule has 4 nitrogen and oxygen atoms in total. The van der Waals surface area contributed by atoms with Gasteiger partial charge in [-0.2, -0.15) is 0 Å². The second-order valence-corrected chi connectivity index (χ2v) is 4.43. The molecule has 1 aromatic carbocycles. The smallest absolute Gasteiger partial charge is 0.220 e. The average molecular weight is 328 g/mol. The number of nitrogens with two attached hydrogens (primary N) is 1. The van der Waals surface area contributed by atoms with Gasteiger partial charge in [-0.15, -0.1) is 12.4 Å². The molecule has 1 amide bonds. The second-order valence-electron chi connectivity index (χ2n) is 3.64. The van der Waals surface area contributed by atoms with E-state index < -0.39 is 0 Å². The van der Waals surface area contributed by atoms with Crippen molar-refractivity contribution in [2.75, 3.05) is 19.7 Å². The Morgan fingerprint density at radius 2 is 2.11 bits per heavy atom. The van der Waals surface area contributed by atoms with Gasteiger partial charge in [0.15, 0.2) is 0 Å². The van der Waals surface area contributed by atoms with E-state index in [9.17, 15) is 4.79 Å². The van der Waals surface area contributed by atoms with Crippen molar-refractivity contribution in [1.29, 1.82) is 0 Å². The lowest BCUT2D eigenvalue weighted by atomic mass is 10.3. The van der Waals surface area contributed by atoms with Crippen molar-refractivity contribution in [3.05, 3.63) is 28.2 Å². The summed E-state index contributed by atoms with van der Waals surface area (Å²) in [6.07, 6.45) is 1.01. The van der Waals surface area contributed by atoms with Crippen LogP contribution in [0.1, 0.15) is 12.8 Å². The molecule has 7 heteroatoms. The number of carbonyl (C=O) groups excluding carboxylic acids is 1. The molecule has 0 aliphatic heterocycles. The summed E-state index contributed by atoms with van der Waals surface area (Å²) in [6, 6.07) is 5.19. The summed E-state index contributed by atoms with van der Waals surface area (Å²) in [6.45, 7) is 1.36. The number of hydrogen-bond acceptors (Lipinski definition) is 3. The minimum atomic E-state index is -0.0266. The quantitative estimate of drug-likeness (QED) is 0.757. The molecule has 0 spiro atoms. The molecule has 0 bridgehead atoms. The summed E-state index contributed by atoms with van der Waals surface area (Å²) in [4.78, 5) is 11.3. The third-order valence-electron chi connectivity index (χ3n) is 2.19. The van der Waals surface area contributed by atoms with Crippen molar-refractivity contribution < 1.29 is 9.53 Å². The molecule has 1 aromatic rings. The molecule has 0 aromatic heterocycles. The van der Waals surface area contributed by atoms with E-state index in [4.69, 9.17) is 33.7 Å². The summed E-state index contributed by atoms with van der Waals surface area (Å²) >= 11 is 11.8. The summed E-state index contributed by atoms with van der Waals surface area (Å²) in [7, 11) is 0. The van der Waals surface area contributed by atoms with E-state index in [1.54, 1.807) is 18.2 Å². The Labute approximate surface area is 129 Å². The van der Waals surface area contributed by atoms with Gasteiger partial charge in [0.2, 0.25) is 5.91 Å². The molecule has 0 radical (unpaired) electrons. The highest BCUT2D eigenvalue weighted by Gasteiger charge is 2.05. The van der Waals surface area contributed by atoms with E-state index in [1.165, 1.54) is 0 Å². The van der Waals surface area contributed by atoms with E-state index >= 15 is 0 Å². The molecule has 108 valence electrons. The summed E-state index contributed by atoms with van der Waals surface area (Å²) in [5, 5.41) is 3.53. The fourth-order valence-electron chi connectivity index (χ4n) is 1.31. The maximum Gasteiger partial charge on any atom is 0.220 e. The van der Waals surface area contributed by atoms with Crippen molar-refractivity contribution in [3.63, 3.8) is 0 Å². The SMILES string of the molecule is Cl.NCCNC(=O)CCCOc1cccc(Cl)c1Cl. The van der Waals surface area contributed by atoms with Crippen molar-refractivity contribution in [2.45, 2.75) is 12.8 Å². The Hall–Kier alpha value is -0.680. The summed E-state index contributed by atoms with van der Waals surface area (Å²) in [5.41, 5.74) is 5.27. The predicted molar refractivity (Wildman–Crippen MR) is 80.5 cm³/mol. The van der Waals surface area contributed by atoms with Gasteiger partial charge in [-0.3, -0.25) is 4.79 Å². The maximum atomic E-state index is 11.3. The third kappa shape index (κ3) is 6.87. The van der Waals surface area contributed by atoms with Crippen molar-refractivity contribution in [1.82, 2.24) is 5.32 Å². The van der Waals surface area contributed by atoms with Crippen LogP contribution in [-0.4, -0.2) is 25.6 Å². The van der Waals surface area contributed by atoms with Crippen LogP contribution in [0.15, 0.2) is 18.2 Å². The lowest BCUT2D eigenvalue weighted by molar-refractivity contribution is -0.121. The molecular weight excluding hydrogens is 311 g/mol. The van der Waals surface area contributed by atoms with Crippen LogP contribution in [0.3, 0.4) is 0 Å². The Balaban J connectivity index is 0.00000324. The minimum Gasteiger partial charge on any atom is -0.492 e. The number of carbonyl (C=O) groups is 1. The molecular formula is C12H17Cl3N2O2. The van der Waals surface area contributed by atoms with Gasteiger partial charge in [-0.05, 0) is 18.6 Å². The number of benzene rings is 1. The van der Waals surface area contributed by atoms with Crippen molar-refractivity contribution in [3.8, 4) is 5.75 Å². The molecule has 0 aliphatic rings. The van der Waals surface area contributed by atoms with E-state index in [0.717, 1.165) is 0 Å². The van der Waals surface area contributed by atoms with Crippen LogP contribution in [0, 0.1) is 0 Å². The van der Waals surface area contributed by atoms with Gasteiger partial charge in [0.05, 0.1) is 11.6 Å². The highest BCUT2D eigenvalue weighted by atomic mass is 35.5. The zero-order valence-electron chi connectivity index (χ0n) is 10.3. The van der Waals surface area contributed by atoms with Crippen LogP contribution >= 0.6 is 35.6 Å². The molecule has 0 heterocycles. The van der Waals surface area contributed by atoms with Gasteiger partial charge in [0, 0.05) is 19.5 Å². The molecule has 0 fully saturated rings. The Bertz CT molecular complexity index is 403. The van der Waals surface area contributed by atoms with Crippen LogP contribution < -0.4 is 15.8 Å². The molecule has 3 N–H and O–H groups in total. The van der Waals surface area contributed by atoms with E-state index in [2.05, 4.69) is 5.32 Å². The van der Waals surface area contributed by atoms with Gasteiger partial charge >= 0.3 is 0 Å². The third-order valence-corrected chi connectivity index (χ3v) is 2.99. The first-order valence-electron chi connectivity index (χ1n) is 5.68. The first kappa shape index (κ1) is 18.3. The van der Waals surface area contributed by atoms with Gasteiger partial charge in [-0.1, -0.05) is 29.3 Å². The molecule has 0 atom stereocenters. The number of ether oxygens (including phenoxy) is 1. The van der Waals surface area contributed by atoms with Gasteiger partial charge in [0.1, 0.15) is 10.8 Å². The average Bonchev–Trinajstić information content (AvgIpc) is 2.37. The summed E-state index contributed by atoms with van der Waals surface area (Å²) < 4.78 is 5.45. The number of nitrogens with one attached hydrogen (secondary N) is 1. The predicted octanol–water partition coefficient (Wildman–Crippen LogP) is 2.65. The van der Waals surface area contributed by atoms with Gasteiger partial charge < -0.3 is 15.8 Å². The van der Waals surface area contributed by atoms with Crippen LogP contribution in [0.25, 0.3) is 0 Å². The normalized spacial score (nSPS) is 9.63. The Morgan fingerprint density at radius 3 is 2.79 bits per heavy atom. The largest absolute Gasteiger partial charge is 0.492 e. The number of halogens is 3. The van der Waals surface area contributed by atoms with Crippen LogP contribution in [0.5, 0.6) is 5.75 Å². The van der Waals surface area contributed by atoms with E-state index in [0.29, 0.717) is 48.3 Å². The lowest BCUT2D eigenvalue weighted by Crippen LogP contribution is -2.29. The fourth-order valence-corrected chi connectivity index (χ4v) is 1.66. The van der Waals surface area contributed by atoms with Crippen LogP contribution in [0.2, 0.25) is 10.0 Å². The maximum absolute atomic E-state index is 11.3. The van der Waals surface area contributed by atoms with Gasteiger partial charge in [-0.25, -0.2) is 0 Å². The highest BCUT2D eigenvalue weighted by molar-refractivity contribution is 6.42. The lowest BCUT2D eigenvalue weighted by Gasteiger charge is -2.08. The van der Waals surface area contributed by atoms with Crippen molar-refractivity contribution in [2.24, 2.45) is 5.73 Å². The second kappa shape index (κ2) is 10.1. The minimum absolute atomic E-state index is 0. The first-order valence-corrected chi connectivity index (χ1v) is 6.44. The Kier molecular flexibility index (Phi) is 9.79. The van der Waals surface area contributed by atoms with Crippen LogP contribution in [-0.2, 0) is 4.79 Å². The highest BCUT2D eigenvalue weighted by Crippen LogP contribution is 2.31. The zero-order chi connectivity index (χ0) is 13.4. The molecule has 19 heavy (non-hydrogen) atoms. The van der Waals surface area contributed by atoms with E-state index in [1.807, 2.05) is 0 Å². The monoisotopic (exact) mass is 326 g/mol. The standard InChI is InChI=1S/C12H16Cl2N2O2.ClH/c13-9-3-1-4-10(12(9)14)18-8-2-5-11(17)16-7-6-15;/h1,3-4H,2,5-8,15H2,(H,16,17);1H. The van der Waals surface area contributed by atoms with Crippen molar-refractivity contribution >= 4 is 41.5 Å². The topological polar surface area (TPSA) is 64.3 Å². The molecule has 0 saturated heterocycles. The molecule has 0 unspecified atom stereocenters. The summed E-state index contributed by atoms with van der Waals surface area (Å²) in [5.74, 6) is 0.507.